The van der Waals surface area contributed by atoms with Crippen LogP contribution in [0.3, 0.4) is 0 Å². The minimum absolute atomic E-state index is 0. The van der Waals surface area contributed by atoms with Crippen LogP contribution in [0.1, 0.15) is 11.3 Å². The fourth-order valence-corrected chi connectivity index (χ4v) is 3.73. The monoisotopic (exact) mass is 430 g/mol. The number of para-hydroxylation sites is 1. The predicted octanol–water partition coefficient (Wildman–Crippen LogP) is 3.00. The van der Waals surface area contributed by atoms with Crippen LogP contribution in [0.4, 0.5) is 0 Å². The summed E-state index contributed by atoms with van der Waals surface area (Å²) in [6.45, 7) is 4.92. The van der Waals surface area contributed by atoms with Crippen LogP contribution < -0.4 is 5.73 Å². The lowest BCUT2D eigenvalue weighted by Crippen LogP contribution is -2.42. The Morgan fingerprint density at radius 1 is 1.32 bits per heavy atom. The molecule has 6 heteroatoms. The van der Waals surface area contributed by atoms with E-state index in [4.69, 9.17) is 5.73 Å². The van der Waals surface area contributed by atoms with Crippen LogP contribution in [0.25, 0.3) is 10.9 Å². The third kappa shape index (κ3) is 3.90. The van der Waals surface area contributed by atoms with E-state index < -0.39 is 0 Å². The van der Waals surface area contributed by atoms with Crippen molar-refractivity contribution in [1.29, 1.82) is 0 Å². The molecule has 1 saturated heterocycles. The highest BCUT2D eigenvalue weighted by atomic mass is 127. The van der Waals surface area contributed by atoms with Crippen LogP contribution in [0.5, 0.6) is 0 Å². The van der Waals surface area contributed by atoms with Crippen molar-refractivity contribution >= 4 is 52.6 Å². The van der Waals surface area contributed by atoms with E-state index in [1.165, 1.54) is 22.2 Å². The van der Waals surface area contributed by atoms with Gasteiger partial charge in [0.1, 0.15) is 0 Å². The minimum atomic E-state index is 0. The van der Waals surface area contributed by atoms with Gasteiger partial charge >= 0.3 is 0 Å². The maximum absolute atomic E-state index is 6.10. The molecular formula is C16H23IN4S. The maximum atomic E-state index is 6.10. The number of aryl methyl sites for hydroxylation is 1. The van der Waals surface area contributed by atoms with E-state index in [0.717, 1.165) is 37.6 Å². The Hall–Kier alpha value is -0.890. The summed E-state index contributed by atoms with van der Waals surface area (Å²) in [5, 5.41) is 1.30. The highest BCUT2D eigenvalue weighted by Crippen LogP contribution is 2.22. The molecule has 3 rings (SSSR count). The Morgan fingerprint density at radius 2 is 2.05 bits per heavy atom. The number of halogens is 1. The van der Waals surface area contributed by atoms with Gasteiger partial charge in [-0.15, -0.1) is 24.0 Å². The van der Waals surface area contributed by atoms with E-state index in [-0.39, 0.29) is 24.0 Å². The van der Waals surface area contributed by atoms with E-state index in [0.29, 0.717) is 5.96 Å². The first-order valence-corrected chi connectivity index (χ1v) is 8.60. The largest absolute Gasteiger partial charge is 0.370 e. The smallest absolute Gasteiger partial charge is 0.191 e. The highest BCUT2D eigenvalue weighted by molar-refractivity contribution is 14.0. The van der Waals surface area contributed by atoms with E-state index in [1.54, 1.807) is 0 Å². The second-order valence-electron chi connectivity index (χ2n) is 5.36. The number of fused-ring (bicyclic) bond motifs is 1. The molecule has 22 heavy (non-hydrogen) atoms. The van der Waals surface area contributed by atoms with Crippen molar-refractivity contribution in [3.63, 3.8) is 0 Å². The van der Waals surface area contributed by atoms with Gasteiger partial charge in [-0.1, -0.05) is 18.2 Å². The molecule has 1 fully saturated rings. The molecule has 2 aromatic rings. The number of aliphatic imine (C=N–C) groups is 1. The average Bonchev–Trinajstić information content (AvgIpc) is 2.84. The standard InChI is InChI=1S/C16H22N4S.HI/c1-12-13(14-4-2-3-5-15(14)19-12)6-7-18-16(17)20-8-10-21-11-9-20;/h2-5,19H,6-11H2,1H3,(H2,17,18);1H. The molecule has 1 aromatic heterocycles. The third-order valence-electron chi connectivity index (χ3n) is 4.00. The van der Waals surface area contributed by atoms with Gasteiger partial charge < -0.3 is 15.6 Å². The van der Waals surface area contributed by atoms with Crippen LogP contribution >= 0.6 is 35.7 Å². The Labute approximate surface area is 152 Å². The number of nitrogens with zero attached hydrogens (tertiary/aromatic N) is 2. The van der Waals surface area contributed by atoms with Gasteiger partial charge in [-0.2, -0.15) is 11.8 Å². The number of aromatic nitrogens is 1. The van der Waals surface area contributed by atoms with Crippen LogP contribution in [0.15, 0.2) is 29.3 Å². The molecule has 0 radical (unpaired) electrons. The maximum Gasteiger partial charge on any atom is 0.191 e. The summed E-state index contributed by atoms with van der Waals surface area (Å²) in [5.74, 6) is 3.00. The van der Waals surface area contributed by atoms with E-state index in [9.17, 15) is 0 Å². The second-order valence-corrected chi connectivity index (χ2v) is 6.59. The number of hydrogen-bond donors (Lipinski definition) is 2. The lowest BCUT2D eigenvalue weighted by Gasteiger charge is -2.27. The van der Waals surface area contributed by atoms with Crippen LogP contribution in [0, 0.1) is 6.92 Å². The van der Waals surface area contributed by atoms with Gasteiger partial charge in [0, 0.05) is 47.7 Å². The van der Waals surface area contributed by atoms with E-state index in [2.05, 4.69) is 46.1 Å². The third-order valence-corrected chi connectivity index (χ3v) is 4.94. The first-order valence-electron chi connectivity index (χ1n) is 7.44. The summed E-state index contributed by atoms with van der Waals surface area (Å²) in [6.07, 6.45) is 0.930. The average molecular weight is 430 g/mol. The molecule has 0 spiro atoms. The summed E-state index contributed by atoms with van der Waals surface area (Å²) >= 11 is 1.98. The summed E-state index contributed by atoms with van der Waals surface area (Å²) in [7, 11) is 0. The van der Waals surface area contributed by atoms with Crippen molar-refractivity contribution in [3.8, 4) is 0 Å². The van der Waals surface area contributed by atoms with E-state index >= 15 is 0 Å². The molecule has 1 aromatic carbocycles. The zero-order valence-corrected chi connectivity index (χ0v) is 16.0. The molecule has 0 saturated carbocycles. The fraction of sp³-hybridized carbons (Fsp3) is 0.438. The van der Waals surface area contributed by atoms with Gasteiger partial charge in [0.15, 0.2) is 5.96 Å². The lowest BCUT2D eigenvalue weighted by molar-refractivity contribution is 0.456. The molecule has 0 amide bonds. The first-order chi connectivity index (χ1) is 10.3. The molecule has 1 aliphatic heterocycles. The van der Waals surface area contributed by atoms with Gasteiger partial charge in [-0.3, -0.25) is 4.99 Å². The van der Waals surface area contributed by atoms with Crippen molar-refractivity contribution in [2.24, 2.45) is 10.7 Å². The number of nitrogens with two attached hydrogens (primary N) is 1. The predicted molar refractivity (Wildman–Crippen MR) is 108 cm³/mol. The number of thioether (sulfide) groups is 1. The summed E-state index contributed by atoms with van der Waals surface area (Å²) in [5.41, 5.74) is 9.89. The van der Waals surface area contributed by atoms with Gasteiger partial charge in [0.25, 0.3) is 0 Å². The summed E-state index contributed by atoms with van der Waals surface area (Å²) < 4.78 is 0. The first kappa shape index (κ1) is 17.5. The molecule has 120 valence electrons. The van der Waals surface area contributed by atoms with Crippen molar-refractivity contribution in [3.05, 3.63) is 35.5 Å². The molecule has 0 unspecified atom stereocenters. The number of rotatable bonds is 3. The topological polar surface area (TPSA) is 57.4 Å². The van der Waals surface area contributed by atoms with Crippen LogP contribution in [0.2, 0.25) is 0 Å². The summed E-state index contributed by atoms with van der Waals surface area (Å²) in [6, 6.07) is 8.44. The molecule has 0 bridgehead atoms. The number of aromatic amines is 1. The highest BCUT2D eigenvalue weighted by Gasteiger charge is 2.12. The van der Waals surface area contributed by atoms with E-state index in [1.807, 2.05) is 11.8 Å². The van der Waals surface area contributed by atoms with Gasteiger partial charge in [-0.05, 0) is 25.0 Å². The Bertz CT molecular complexity index is 647. The fourth-order valence-electron chi connectivity index (χ4n) is 2.83. The van der Waals surface area contributed by atoms with Crippen molar-refractivity contribution in [1.82, 2.24) is 9.88 Å². The van der Waals surface area contributed by atoms with Gasteiger partial charge in [0.05, 0.1) is 0 Å². The van der Waals surface area contributed by atoms with Crippen molar-refractivity contribution < 1.29 is 0 Å². The van der Waals surface area contributed by atoms with Gasteiger partial charge in [-0.25, -0.2) is 0 Å². The Kier molecular flexibility index (Phi) is 6.43. The summed E-state index contributed by atoms with van der Waals surface area (Å²) in [4.78, 5) is 10.2. The molecular weight excluding hydrogens is 407 g/mol. The molecule has 0 aliphatic carbocycles. The number of benzene rings is 1. The number of H-pyrrole nitrogens is 1. The quantitative estimate of drug-likeness (QED) is 0.447. The molecule has 3 N–H and O–H groups in total. The van der Waals surface area contributed by atoms with Crippen LogP contribution in [-0.4, -0.2) is 47.0 Å². The number of nitrogens with one attached hydrogen (secondary N) is 1. The molecule has 4 nitrogen and oxygen atoms in total. The van der Waals surface area contributed by atoms with Crippen molar-refractivity contribution in [2.45, 2.75) is 13.3 Å². The lowest BCUT2D eigenvalue weighted by atomic mass is 10.1. The number of guanidine groups is 1. The molecule has 2 heterocycles. The zero-order valence-electron chi connectivity index (χ0n) is 12.8. The molecule has 0 atom stereocenters. The Balaban J connectivity index is 0.00000176. The normalized spacial score (nSPS) is 15.9. The molecule has 1 aliphatic rings. The zero-order chi connectivity index (χ0) is 14.7. The number of hydrogen-bond acceptors (Lipinski definition) is 2. The van der Waals surface area contributed by atoms with Crippen LogP contribution in [-0.2, 0) is 6.42 Å². The van der Waals surface area contributed by atoms with Crippen molar-refractivity contribution in [2.75, 3.05) is 31.1 Å². The van der Waals surface area contributed by atoms with Gasteiger partial charge in [0.2, 0.25) is 0 Å². The second kappa shape index (κ2) is 8.10. The SMILES string of the molecule is Cc1[nH]c2ccccc2c1CCN=C(N)N1CCSCC1.I. The minimum Gasteiger partial charge on any atom is -0.370 e. The Morgan fingerprint density at radius 3 is 2.82 bits per heavy atom.